The van der Waals surface area contributed by atoms with E-state index >= 15 is 0 Å². The van der Waals surface area contributed by atoms with Gasteiger partial charge in [-0.15, -0.1) is 0 Å². The summed E-state index contributed by atoms with van der Waals surface area (Å²) in [4.78, 5) is 5.39. The van der Waals surface area contributed by atoms with Gasteiger partial charge in [-0.25, -0.2) is 0 Å². The first-order valence-electron chi connectivity index (χ1n) is 26.3. The van der Waals surface area contributed by atoms with Crippen molar-refractivity contribution in [2.75, 3.05) is 36.0 Å². The Morgan fingerprint density at radius 1 is 0.312 bits per heavy atom. The van der Waals surface area contributed by atoms with Crippen molar-refractivity contribution in [1.82, 2.24) is 0 Å². The van der Waals surface area contributed by atoms with Crippen LogP contribution in [0, 0.1) is 0 Å². The maximum Gasteiger partial charge on any atom is 0.0728 e. The lowest BCUT2D eigenvalue weighted by atomic mass is 9.60. The topological polar surface area (TPSA) is 46.9 Å². The number of nitrogens with zero attached hydrogens (tertiary/aromatic N) is 2. The van der Waals surface area contributed by atoms with Crippen LogP contribution in [0.1, 0.15) is 179 Å². The van der Waals surface area contributed by atoms with Gasteiger partial charge in [0.05, 0.1) is 23.6 Å². The second-order valence-corrected chi connectivity index (χ2v) is 19.4. The summed E-state index contributed by atoms with van der Waals surface area (Å²) in [7, 11) is 0. The van der Waals surface area contributed by atoms with Crippen LogP contribution in [-0.4, -0.2) is 48.6 Å². The Bertz CT molecular complexity index is 2040. The zero-order valence-corrected chi connectivity index (χ0v) is 40.3. The van der Waals surface area contributed by atoms with E-state index in [2.05, 4.69) is 135 Å². The fourth-order valence-electron chi connectivity index (χ4n) is 11.4. The van der Waals surface area contributed by atoms with Crippen LogP contribution >= 0.6 is 0 Å². The average molecular weight is 863 g/mol. The number of rotatable bonds is 28. The molecule has 0 spiro atoms. The number of hydrogen-bond donors (Lipinski definition) is 2. The lowest BCUT2D eigenvalue weighted by molar-refractivity contribution is -0.0765. The van der Waals surface area contributed by atoms with E-state index in [1.807, 2.05) is 0 Å². The number of benzene rings is 6. The van der Waals surface area contributed by atoms with Crippen molar-refractivity contribution in [3.63, 3.8) is 0 Å². The first-order chi connectivity index (χ1) is 31.5. The normalized spacial score (nSPS) is 17.5. The predicted octanol–water partition coefficient (Wildman–Crippen LogP) is 16.4. The second-order valence-electron chi connectivity index (χ2n) is 19.4. The van der Waals surface area contributed by atoms with Gasteiger partial charge in [0.15, 0.2) is 0 Å². The third-order valence-electron chi connectivity index (χ3n) is 14.8. The van der Waals surface area contributed by atoms with E-state index in [-0.39, 0.29) is 0 Å². The lowest BCUT2D eigenvalue weighted by Crippen LogP contribution is -2.52. The molecular weight excluding hydrogens is 781 g/mol. The maximum atomic E-state index is 12.8. The molecule has 1 fully saturated rings. The fourth-order valence-corrected chi connectivity index (χ4v) is 11.4. The smallest absolute Gasteiger partial charge is 0.0728 e. The molecule has 1 saturated carbocycles. The molecule has 1 aliphatic carbocycles. The van der Waals surface area contributed by atoms with E-state index in [1.54, 1.807) is 0 Å². The molecule has 6 aromatic carbocycles. The number of unbranched alkanes of at least 4 members (excludes halogenated alkanes) is 16. The molecule has 4 nitrogen and oxygen atoms in total. The molecule has 7 rings (SSSR count). The van der Waals surface area contributed by atoms with Gasteiger partial charge in [0.25, 0.3) is 0 Å². The van der Waals surface area contributed by atoms with E-state index in [1.165, 1.54) is 183 Å². The standard InChI is InChI=1S/C60H82N2O2/c1-5-9-13-17-29-41-61(42-30-18-14-10-6-2)57-49-37-25-21-33-45(49)53(46-34-22-26-38-50(46)57)55-59(63)56(60(55)64)54-47-35-23-27-39-51(47)58(52-40-28-24-36-48(52)54)62(43-31-19-15-11-7-3)44-32-20-16-12-8-4/h21-28,33-40,55-56,59-60,63-64H,5-20,29-32,41-44H2,1-4H3. The Kier molecular flexibility index (Phi) is 18.2. The monoisotopic (exact) mass is 863 g/mol. The Labute approximate surface area is 387 Å². The molecule has 0 atom stereocenters. The summed E-state index contributed by atoms with van der Waals surface area (Å²) in [5.41, 5.74) is 4.85. The van der Waals surface area contributed by atoms with Gasteiger partial charge < -0.3 is 20.0 Å². The highest BCUT2D eigenvalue weighted by molar-refractivity contribution is 6.16. The highest BCUT2D eigenvalue weighted by Crippen LogP contribution is 2.56. The number of aliphatic hydroxyl groups is 2. The average Bonchev–Trinajstić information content (AvgIpc) is 3.32. The zero-order chi connectivity index (χ0) is 44.7. The SMILES string of the molecule is CCCCCCCN(CCCCCCC)c1c2ccccc2c(C2C(O)C(c3c4ccccc4c(N(CCCCCCC)CCCCCCC)c4ccccc34)C2O)c2ccccc12. The summed E-state index contributed by atoms with van der Waals surface area (Å²) in [5, 5.41) is 35.2. The largest absolute Gasteiger partial charge is 0.392 e. The van der Waals surface area contributed by atoms with E-state index in [9.17, 15) is 10.2 Å². The van der Waals surface area contributed by atoms with Gasteiger partial charge in [-0.2, -0.15) is 0 Å². The zero-order valence-electron chi connectivity index (χ0n) is 40.3. The van der Waals surface area contributed by atoms with Crippen molar-refractivity contribution >= 4 is 54.5 Å². The summed E-state index contributed by atoms with van der Waals surface area (Å²) in [6.45, 7) is 13.4. The molecule has 344 valence electrons. The molecule has 6 aromatic rings. The first kappa shape index (κ1) is 47.8. The van der Waals surface area contributed by atoms with Gasteiger partial charge in [0.2, 0.25) is 0 Å². The molecule has 2 N–H and O–H groups in total. The van der Waals surface area contributed by atoms with Crippen molar-refractivity contribution in [2.24, 2.45) is 0 Å². The molecule has 1 aliphatic rings. The van der Waals surface area contributed by atoms with Crippen molar-refractivity contribution in [3.8, 4) is 0 Å². The van der Waals surface area contributed by atoms with E-state index in [0.29, 0.717) is 0 Å². The van der Waals surface area contributed by atoms with Gasteiger partial charge >= 0.3 is 0 Å². The molecule has 0 bridgehead atoms. The minimum atomic E-state index is -0.744. The molecule has 0 aromatic heterocycles. The van der Waals surface area contributed by atoms with Crippen LogP contribution in [0.25, 0.3) is 43.1 Å². The van der Waals surface area contributed by atoms with Crippen LogP contribution in [0.2, 0.25) is 0 Å². The molecule has 64 heavy (non-hydrogen) atoms. The molecule has 0 heterocycles. The Hall–Kier alpha value is -4.12. The van der Waals surface area contributed by atoms with Crippen LogP contribution in [0.5, 0.6) is 0 Å². The summed E-state index contributed by atoms with van der Waals surface area (Å²) in [6, 6.07) is 35.6. The molecule has 0 unspecified atom stereocenters. The van der Waals surface area contributed by atoms with Crippen molar-refractivity contribution in [2.45, 2.75) is 180 Å². The number of anilines is 2. The summed E-state index contributed by atoms with van der Waals surface area (Å²) < 4.78 is 0. The highest BCUT2D eigenvalue weighted by Gasteiger charge is 2.52. The third-order valence-corrected chi connectivity index (χ3v) is 14.8. The quantitative estimate of drug-likeness (QED) is 0.0381. The van der Waals surface area contributed by atoms with Gasteiger partial charge in [-0.1, -0.05) is 227 Å². The number of aliphatic hydroxyl groups excluding tert-OH is 2. The van der Waals surface area contributed by atoms with Crippen LogP contribution in [0.15, 0.2) is 97.1 Å². The Morgan fingerprint density at radius 2 is 0.531 bits per heavy atom. The molecule has 0 saturated heterocycles. The third kappa shape index (κ3) is 10.8. The predicted molar refractivity (Wildman–Crippen MR) is 280 cm³/mol. The fraction of sp³-hybridized carbons (Fsp3) is 0.533. The minimum Gasteiger partial charge on any atom is -0.392 e. The summed E-state index contributed by atoms with van der Waals surface area (Å²) in [5.74, 6) is -0.823. The van der Waals surface area contributed by atoms with Crippen LogP contribution < -0.4 is 9.80 Å². The maximum absolute atomic E-state index is 12.8. The van der Waals surface area contributed by atoms with Crippen molar-refractivity contribution < 1.29 is 10.2 Å². The van der Waals surface area contributed by atoms with Gasteiger partial charge in [0, 0.05) is 59.6 Å². The van der Waals surface area contributed by atoms with E-state index < -0.39 is 24.0 Å². The Morgan fingerprint density at radius 3 is 0.766 bits per heavy atom. The molecular formula is C60H82N2O2. The number of hydrogen-bond acceptors (Lipinski definition) is 4. The molecule has 0 amide bonds. The second kappa shape index (κ2) is 24.4. The highest BCUT2D eigenvalue weighted by atomic mass is 16.3. The minimum absolute atomic E-state index is 0.412. The van der Waals surface area contributed by atoms with Gasteiger partial charge in [-0.05, 0) is 58.4 Å². The van der Waals surface area contributed by atoms with E-state index in [4.69, 9.17) is 0 Å². The van der Waals surface area contributed by atoms with Crippen molar-refractivity contribution in [3.05, 3.63) is 108 Å². The van der Waals surface area contributed by atoms with Crippen LogP contribution in [0.3, 0.4) is 0 Å². The number of fused-ring (bicyclic) bond motifs is 4. The van der Waals surface area contributed by atoms with E-state index in [0.717, 1.165) is 37.3 Å². The van der Waals surface area contributed by atoms with Crippen LogP contribution in [0.4, 0.5) is 11.4 Å². The Balaban J connectivity index is 1.28. The van der Waals surface area contributed by atoms with Gasteiger partial charge in [-0.3, -0.25) is 0 Å². The lowest BCUT2D eigenvalue weighted by Gasteiger charge is -2.49. The first-order valence-corrected chi connectivity index (χ1v) is 26.3. The van der Waals surface area contributed by atoms with Crippen LogP contribution in [-0.2, 0) is 0 Å². The van der Waals surface area contributed by atoms with Gasteiger partial charge in [0.1, 0.15) is 0 Å². The molecule has 0 radical (unpaired) electrons. The van der Waals surface area contributed by atoms with Crippen molar-refractivity contribution in [1.29, 1.82) is 0 Å². The summed E-state index contributed by atoms with van der Waals surface area (Å²) in [6.07, 6.45) is 23.7. The summed E-state index contributed by atoms with van der Waals surface area (Å²) >= 11 is 0. The molecule has 0 aliphatic heterocycles. The molecule has 4 heteroatoms.